The van der Waals surface area contributed by atoms with Gasteiger partial charge in [-0.25, -0.2) is 0 Å². The minimum Gasteiger partial charge on any atom is -0.306 e. The molecule has 0 aliphatic carbocycles. The van der Waals surface area contributed by atoms with Crippen LogP contribution in [0.5, 0.6) is 0 Å². The second-order valence-corrected chi connectivity index (χ2v) is 4.47. The molecule has 100 valence electrons. The normalized spacial score (nSPS) is 12.3. The summed E-state index contributed by atoms with van der Waals surface area (Å²) in [6.45, 7) is 2.74. The van der Waals surface area contributed by atoms with E-state index in [4.69, 9.17) is 0 Å². The summed E-state index contributed by atoms with van der Waals surface area (Å²) in [5.41, 5.74) is 2.24. The van der Waals surface area contributed by atoms with Gasteiger partial charge in [0.1, 0.15) is 0 Å². The highest BCUT2D eigenvalue weighted by atomic mass is 16.6. The molecule has 0 amide bonds. The van der Waals surface area contributed by atoms with E-state index in [2.05, 4.69) is 10.4 Å². The Labute approximate surface area is 111 Å². The summed E-state index contributed by atoms with van der Waals surface area (Å²) in [6, 6.07) is 6.73. The largest absolute Gasteiger partial charge is 0.306 e. The third-order valence-electron chi connectivity index (χ3n) is 2.97. The standard InChI is InChI=1S/C13H16N4O2/c1-10(14-7-11-8-15-16(2)9-11)12-3-5-13(6-4-12)17(18)19/h3-6,8-10,14H,7H2,1-2H3. The highest BCUT2D eigenvalue weighted by Crippen LogP contribution is 2.17. The zero-order chi connectivity index (χ0) is 13.8. The van der Waals surface area contributed by atoms with E-state index in [1.54, 1.807) is 16.8 Å². The van der Waals surface area contributed by atoms with Gasteiger partial charge in [-0.1, -0.05) is 12.1 Å². The van der Waals surface area contributed by atoms with Crippen molar-refractivity contribution in [1.82, 2.24) is 15.1 Å². The number of non-ortho nitro benzene ring substituents is 1. The molecule has 0 saturated heterocycles. The lowest BCUT2D eigenvalue weighted by atomic mass is 10.1. The Bertz CT molecular complexity index is 562. The number of aryl methyl sites for hydroxylation is 1. The molecule has 1 unspecified atom stereocenters. The summed E-state index contributed by atoms with van der Waals surface area (Å²) in [7, 11) is 1.88. The van der Waals surface area contributed by atoms with Crippen LogP contribution in [0, 0.1) is 10.1 Å². The molecule has 1 aromatic carbocycles. The highest BCUT2D eigenvalue weighted by molar-refractivity contribution is 5.34. The average Bonchev–Trinajstić information content (AvgIpc) is 2.82. The maximum Gasteiger partial charge on any atom is 0.269 e. The van der Waals surface area contributed by atoms with Crippen LogP contribution in [0.25, 0.3) is 0 Å². The molecule has 1 aromatic heterocycles. The van der Waals surface area contributed by atoms with Gasteiger partial charge in [-0.05, 0) is 12.5 Å². The Morgan fingerprint density at radius 3 is 2.63 bits per heavy atom. The minimum absolute atomic E-state index is 0.114. The van der Waals surface area contributed by atoms with Crippen molar-refractivity contribution in [3.63, 3.8) is 0 Å². The summed E-state index contributed by atoms with van der Waals surface area (Å²) < 4.78 is 1.76. The molecule has 1 atom stereocenters. The Morgan fingerprint density at radius 1 is 1.42 bits per heavy atom. The third kappa shape index (κ3) is 3.38. The number of aromatic nitrogens is 2. The molecule has 0 saturated carbocycles. The lowest BCUT2D eigenvalue weighted by molar-refractivity contribution is -0.384. The first-order chi connectivity index (χ1) is 9.06. The van der Waals surface area contributed by atoms with Crippen molar-refractivity contribution in [2.75, 3.05) is 0 Å². The molecule has 2 aromatic rings. The maximum absolute atomic E-state index is 10.6. The molecule has 0 spiro atoms. The number of nitrogens with zero attached hydrogens (tertiary/aromatic N) is 3. The smallest absolute Gasteiger partial charge is 0.269 e. The van der Waals surface area contributed by atoms with Crippen molar-refractivity contribution in [3.8, 4) is 0 Å². The fraction of sp³-hybridized carbons (Fsp3) is 0.308. The van der Waals surface area contributed by atoms with Gasteiger partial charge < -0.3 is 5.32 Å². The van der Waals surface area contributed by atoms with E-state index in [-0.39, 0.29) is 11.7 Å². The molecule has 1 N–H and O–H groups in total. The molecule has 0 fully saturated rings. The molecule has 0 aliphatic rings. The summed E-state index contributed by atoms with van der Waals surface area (Å²) in [5, 5.41) is 18.0. The highest BCUT2D eigenvalue weighted by Gasteiger charge is 2.08. The number of rotatable bonds is 5. The number of hydrogen-bond donors (Lipinski definition) is 1. The second kappa shape index (κ2) is 5.62. The van der Waals surface area contributed by atoms with Gasteiger partial charge in [-0.15, -0.1) is 0 Å². The number of nitrogens with one attached hydrogen (secondary N) is 1. The molecule has 0 bridgehead atoms. The van der Waals surface area contributed by atoms with Crippen LogP contribution < -0.4 is 5.32 Å². The van der Waals surface area contributed by atoms with Crippen LogP contribution in [0.2, 0.25) is 0 Å². The molecule has 6 nitrogen and oxygen atoms in total. The molecule has 0 aliphatic heterocycles. The van der Waals surface area contributed by atoms with E-state index in [0.29, 0.717) is 6.54 Å². The van der Waals surface area contributed by atoms with Crippen molar-refractivity contribution in [2.45, 2.75) is 19.5 Å². The first kappa shape index (κ1) is 13.2. The number of nitro benzene ring substituents is 1. The van der Waals surface area contributed by atoms with E-state index in [9.17, 15) is 10.1 Å². The predicted molar refractivity (Wildman–Crippen MR) is 71.6 cm³/mol. The van der Waals surface area contributed by atoms with Gasteiger partial charge in [0.05, 0.1) is 11.1 Å². The zero-order valence-corrected chi connectivity index (χ0v) is 10.9. The van der Waals surface area contributed by atoms with Crippen molar-refractivity contribution in [3.05, 3.63) is 57.9 Å². The monoisotopic (exact) mass is 260 g/mol. The first-order valence-corrected chi connectivity index (χ1v) is 6.01. The maximum atomic E-state index is 10.6. The Kier molecular flexibility index (Phi) is 3.91. The summed E-state index contributed by atoms with van der Waals surface area (Å²) in [4.78, 5) is 10.2. The summed E-state index contributed by atoms with van der Waals surface area (Å²) >= 11 is 0. The van der Waals surface area contributed by atoms with Crippen molar-refractivity contribution >= 4 is 5.69 Å². The number of hydrogen-bond acceptors (Lipinski definition) is 4. The van der Waals surface area contributed by atoms with Crippen LogP contribution in [-0.4, -0.2) is 14.7 Å². The molecule has 2 rings (SSSR count). The minimum atomic E-state index is -0.391. The molecule has 0 radical (unpaired) electrons. The molecule has 1 heterocycles. The van der Waals surface area contributed by atoms with Crippen LogP contribution in [-0.2, 0) is 13.6 Å². The van der Waals surface area contributed by atoms with Crippen LogP contribution >= 0.6 is 0 Å². The van der Waals surface area contributed by atoms with E-state index in [1.807, 2.05) is 26.4 Å². The predicted octanol–water partition coefficient (Wildman–Crippen LogP) is 2.18. The SMILES string of the molecule is CC(NCc1cnn(C)c1)c1ccc([N+](=O)[O-])cc1. The van der Waals surface area contributed by atoms with Crippen molar-refractivity contribution in [2.24, 2.45) is 7.05 Å². The van der Waals surface area contributed by atoms with Crippen LogP contribution in [0.15, 0.2) is 36.7 Å². The van der Waals surface area contributed by atoms with Gasteiger partial charge >= 0.3 is 0 Å². The van der Waals surface area contributed by atoms with Crippen molar-refractivity contribution < 1.29 is 4.92 Å². The fourth-order valence-corrected chi connectivity index (χ4v) is 1.84. The summed E-state index contributed by atoms with van der Waals surface area (Å²) in [6.07, 6.45) is 3.77. The van der Waals surface area contributed by atoms with Gasteiger partial charge in [0.2, 0.25) is 0 Å². The second-order valence-electron chi connectivity index (χ2n) is 4.47. The van der Waals surface area contributed by atoms with Gasteiger partial charge in [0, 0.05) is 43.5 Å². The Morgan fingerprint density at radius 2 is 2.11 bits per heavy atom. The van der Waals surface area contributed by atoms with E-state index in [0.717, 1.165) is 11.1 Å². The Balaban J connectivity index is 1.95. The lowest BCUT2D eigenvalue weighted by Crippen LogP contribution is -2.17. The fourth-order valence-electron chi connectivity index (χ4n) is 1.84. The quantitative estimate of drug-likeness (QED) is 0.660. The molecule has 19 heavy (non-hydrogen) atoms. The molecular formula is C13H16N4O2. The van der Waals surface area contributed by atoms with E-state index < -0.39 is 4.92 Å². The van der Waals surface area contributed by atoms with Gasteiger partial charge in [-0.3, -0.25) is 14.8 Å². The van der Waals surface area contributed by atoms with E-state index >= 15 is 0 Å². The first-order valence-electron chi connectivity index (χ1n) is 6.01. The number of benzene rings is 1. The topological polar surface area (TPSA) is 73.0 Å². The van der Waals surface area contributed by atoms with Crippen LogP contribution in [0.1, 0.15) is 24.1 Å². The molecular weight excluding hydrogens is 244 g/mol. The average molecular weight is 260 g/mol. The summed E-state index contributed by atoms with van der Waals surface area (Å²) in [5.74, 6) is 0. The Hall–Kier alpha value is -2.21. The van der Waals surface area contributed by atoms with Crippen LogP contribution in [0.3, 0.4) is 0 Å². The molecule has 6 heteroatoms. The lowest BCUT2D eigenvalue weighted by Gasteiger charge is -2.13. The van der Waals surface area contributed by atoms with Crippen LogP contribution in [0.4, 0.5) is 5.69 Å². The van der Waals surface area contributed by atoms with Crippen molar-refractivity contribution in [1.29, 1.82) is 0 Å². The number of nitro groups is 1. The third-order valence-corrected chi connectivity index (χ3v) is 2.97. The van der Waals surface area contributed by atoms with Gasteiger partial charge in [0.25, 0.3) is 5.69 Å². The van der Waals surface area contributed by atoms with E-state index in [1.165, 1.54) is 12.1 Å². The van der Waals surface area contributed by atoms with Gasteiger partial charge in [-0.2, -0.15) is 5.10 Å². The zero-order valence-electron chi connectivity index (χ0n) is 10.9. The van der Waals surface area contributed by atoms with Gasteiger partial charge in [0.15, 0.2) is 0 Å².